The van der Waals surface area contributed by atoms with Crippen LogP contribution in [0.1, 0.15) is 16.7 Å². The lowest BCUT2D eigenvalue weighted by Crippen LogP contribution is -2.26. The minimum Gasteiger partial charge on any atom is -0.506 e. The van der Waals surface area contributed by atoms with Gasteiger partial charge in [-0.25, -0.2) is 0 Å². The van der Waals surface area contributed by atoms with Crippen molar-refractivity contribution in [3.8, 4) is 5.75 Å². The first-order valence-electron chi connectivity index (χ1n) is 7.26. The van der Waals surface area contributed by atoms with E-state index in [1.54, 1.807) is 12.3 Å². The first-order chi connectivity index (χ1) is 10.7. The van der Waals surface area contributed by atoms with E-state index in [0.717, 1.165) is 35.0 Å². The Kier molecular flexibility index (Phi) is 3.36. The zero-order valence-electron chi connectivity index (χ0n) is 12.0. The van der Waals surface area contributed by atoms with E-state index in [1.165, 1.54) is 16.7 Å². The van der Waals surface area contributed by atoms with Gasteiger partial charge in [-0.3, -0.25) is 9.88 Å². The lowest BCUT2D eigenvalue weighted by Gasteiger charge is -2.29. The largest absolute Gasteiger partial charge is 0.506 e. The summed E-state index contributed by atoms with van der Waals surface area (Å²) in [6.45, 7) is 2.68. The third-order valence-electron chi connectivity index (χ3n) is 4.15. The second-order valence-electron chi connectivity index (χ2n) is 5.71. The van der Waals surface area contributed by atoms with Crippen LogP contribution >= 0.6 is 15.9 Å². The summed E-state index contributed by atoms with van der Waals surface area (Å²) in [5.41, 5.74) is 4.49. The maximum atomic E-state index is 9.99. The predicted octanol–water partition coefficient (Wildman–Crippen LogP) is 4.22. The number of rotatable bonds is 2. The van der Waals surface area contributed by atoms with Gasteiger partial charge in [-0.05, 0) is 41.0 Å². The van der Waals surface area contributed by atoms with E-state index in [-0.39, 0.29) is 5.75 Å². The molecular formula is C18H15BrN2O. The van der Waals surface area contributed by atoms with E-state index in [2.05, 4.69) is 56.1 Å². The molecule has 1 aliphatic heterocycles. The summed E-state index contributed by atoms with van der Waals surface area (Å²) in [5.74, 6) is 0.266. The fourth-order valence-corrected chi connectivity index (χ4v) is 3.42. The third kappa shape index (κ3) is 2.38. The second-order valence-corrected chi connectivity index (χ2v) is 6.62. The van der Waals surface area contributed by atoms with Crippen LogP contribution in [0.15, 0.2) is 53.1 Å². The van der Waals surface area contributed by atoms with Gasteiger partial charge >= 0.3 is 0 Å². The number of nitrogens with zero attached hydrogens (tertiary/aromatic N) is 2. The molecule has 0 aliphatic carbocycles. The van der Waals surface area contributed by atoms with Crippen LogP contribution in [-0.4, -0.2) is 15.0 Å². The number of hydrogen-bond acceptors (Lipinski definition) is 3. The Bertz CT molecular complexity index is 833. The number of phenolic OH excluding ortho intramolecular Hbond substituents is 1. The summed E-state index contributed by atoms with van der Waals surface area (Å²) < 4.78 is 1.10. The monoisotopic (exact) mass is 354 g/mol. The van der Waals surface area contributed by atoms with Crippen LogP contribution in [0.25, 0.3) is 10.9 Å². The Hall–Kier alpha value is -1.91. The highest BCUT2D eigenvalue weighted by Gasteiger charge is 2.20. The Balaban J connectivity index is 1.68. The lowest BCUT2D eigenvalue weighted by atomic mass is 9.97. The summed E-state index contributed by atoms with van der Waals surface area (Å²) in [6, 6.07) is 14.3. The fraction of sp³-hybridized carbons (Fsp3) is 0.167. The molecule has 0 spiro atoms. The molecule has 4 rings (SSSR count). The van der Waals surface area contributed by atoms with Gasteiger partial charge in [0.05, 0.1) is 0 Å². The zero-order chi connectivity index (χ0) is 15.1. The minimum absolute atomic E-state index is 0.266. The van der Waals surface area contributed by atoms with E-state index in [4.69, 9.17) is 0 Å². The molecule has 0 saturated carbocycles. The lowest BCUT2D eigenvalue weighted by molar-refractivity contribution is 0.243. The Labute approximate surface area is 137 Å². The van der Waals surface area contributed by atoms with E-state index in [1.807, 2.05) is 6.07 Å². The average molecular weight is 355 g/mol. The molecule has 0 radical (unpaired) electrons. The number of phenols is 1. The number of pyridine rings is 1. The second kappa shape index (κ2) is 5.38. The van der Waals surface area contributed by atoms with Gasteiger partial charge in [-0.15, -0.1) is 0 Å². The number of aromatic hydroxyl groups is 1. The average Bonchev–Trinajstić information content (AvgIpc) is 2.53. The summed E-state index contributed by atoms with van der Waals surface area (Å²) in [6.07, 6.45) is 1.78. The van der Waals surface area contributed by atoms with Gasteiger partial charge in [0.25, 0.3) is 0 Å². The van der Waals surface area contributed by atoms with Gasteiger partial charge < -0.3 is 5.11 Å². The fourth-order valence-electron chi connectivity index (χ4n) is 3.16. The number of aromatic nitrogens is 1. The molecule has 0 unspecified atom stereocenters. The Morgan fingerprint density at radius 1 is 1.00 bits per heavy atom. The van der Waals surface area contributed by atoms with Crippen LogP contribution in [0.3, 0.4) is 0 Å². The third-order valence-corrected chi connectivity index (χ3v) is 4.68. The smallest absolute Gasteiger partial charge is 0.141 e. The molecule has 0 atom stereocenters. The molecule has 1 aromatic heterocycles. The molecule has 0 saturated heterocycles. The van der Waals surface area contributed by atoms with Crippen LogP contribution in [0.2, 0.25) is 0 Å². The van der Waals surface area contributed by atoms with Gasteiger partial charge in [-0.2, -0.15) is 0 Å². The molecule has 0 fully saturated rings. The quantitative estimate of drug-likeness (QED) is 0.748. The van der Waals surface area contributed by atoms with Crippen molar-refractivity contribution < 1.29 is 5.11 Å². The first-order valence-corrected chi connectivity index (χ1v) is 8.05. The molecule has 3 aromatic rings. The minimum atomic E-state index is 0.266. The van der Waals surface area contributed by atoms with Crippen molar-refractivity contribution in [1.82, 2.24) is 9.88 Å². The molecule has 22 heavy (non-hydrogen) atoms. The molecule has 3 nitrogen and oxygen atoms in total. The predicted molar refractivity (Wildman–Crippen MR) is 90.5 cm³/mol. The van der Waals surface area contributed by atoms with E-state index >= 15 is 0 Å². The van der Waals surface area contributed by atoms with Crippen molar-refractivity contribution in [1.29, 1.82) is 0 Å². The number of benzene rings is 2. The Morgan fingerprint density at radius 2 is 1.73 bits per heavy atom. The summed E-state index contributed by atoms with van der Waals surface area (Å²) in [7, 11) is 0. The van der Waals surface area contributed by atoms with Crippen molar-refractivity contribution in [3.05, 3.63) is 69.8 Å². The van der Waals surface area contributed by atoms with Gasteiger partial charge in [0.2, 0.25) is 0 Å². The van der Waals surface area contributed by atoms with Crippen molar-refractivity contribution in [2.45, 2.75) is 19.6 Å². The molecule has 1 N–H and O–H groups in total. The molecule has 110 valence electrons. The summed E-state index contributed by atoms with van der Waals surface area (Å²) in [5, 5.41) is 11.1. The van der Waals surface area contributed by atoms with Gasteiger partial charge in [0, 0.05) is 35.7 Å². The summed E-state index contributed by atoms with van der Waals surface area (Å²) in [4.78, 5) is 6.74. The molecule has 4 heteroatoms. The molecule has 2 aromatic carbocycles. The molecule has 1 aliphatic rings. The van der Waals surface area contributed by atoms with Crippen molar-refractivity contribution in [3.63, 3.8) is 0 Å². The van der Waals surface area contributed by atoms with Gasteiger partial charge in [0.1, 0.15) is 11.3 Å². The maximum absolute atomic E-state index is 9.99. The summed E-state index contributed by atoms with van der Waals surface area (Å²) >= 11 is 3.47. The van der Waals surface area contributed by atoms with Crippen LogP contribution in [0.4, 0.5) is 0 Å². The highest BCUT2D eigenvalue weighted by Crippen LogP contribution is 2.33. The maximum Gasteiger partial charge on any atom is 0.141 e. The van der Waals surface area contributed by atoms with Gasteiger partial charge in [-0.1, -0.05) is 34.1 Å². The SMILES string of the molecule is Oc1ccc2c3c(ccnc13)CN(Cc1ccc(Br)cc1)C2. The van der Waals surface area contributed by atoms with Crippen LogP contribution in [0, 0.1) is 0 Å². The van der Waals surface area contributed by atoms with Crippen LogP contribution in [-0.2, 0) is 19.6 Å². The zero-order valence-corrected chi connectivity index (χ0v) is 13.5. The molecule has 0 bridgehead atoms. The first kappa shape index (κ1) is 13.7. The highest BCUT2D eigenvalue weighted by molar-refractivity contribution is 9.10. The Morgan fingerprint density at radius 3 is 2.50 bits per heavy atom. The van der Waals surface area contributed by atoms with Crippen LogP contribution in [0.5, 0.6) is 5.75 Å². The van der Waals surface area contributed by atoms with Crippen molar-refractivity contribution in [2.75, 3.05) is 0 Å². The van der Waals surface area contributed by atoms with Crippen molar-refractivity contribution >= 4 is 26.8 Å². The van der Waals surface area contributed by atoms with E-state index in [9.17, 15) is 5.11 Å². The van der Waals surface area contributed by atoms with E-state index in [0.29, 0.717) is 0 Å². The highest BCUT2D eigenvalue weighted by atomic mass is 79.9. The number of halogens is 1. The van der Waals surface area contributed by atoms with Crippen molar-refractivity contribution in [2.24, 2.45) is 0 Å². The standard InChI is InChI=1S/C18H15BrN2O/c19-15-4-1-12(2-5-15)9-21-10-13-3-6-16(22)18-17(13)14(11-21)7-8-20-18/h1-8,22H,9-11H2. The molecule has 0 amide bonds. The normalized spacial score (nSPS) is 14.4. The molecular weight excluding hydrogens is 340 g/mol. The molecule has 2 heterocycles. The number of hydrogen-bond donors (Lipinski definition) is 1. The van der Waals surface area contributed by atoms with Crippen LogP contribution < -0.4 is 0 Å². The topological polar surface area (TPSA) is 36.4 Å². The van der Waals surface area contributed by atoms with E-state index < -0.39 is 0 Å². The van der Waals surface area contributed by atoms with Gasteiger partial charge in [0.15, 0.2) is 0 Å².